The van der Waals surface area contributed by atoms with Gasteiger partial charge in [-0.05, 0) is 31.1 Å². The number of ether oxygens (including phenoxy) is 1. The molecule has 1 N–H and O–H groups in total. The Balaban J connectivity index is 2.40. The number of aliphatic hydroxyl groups excluding tert-OH is 1. The largest absolute Gasteiger partial charge is 0.390 e. The first-order valence-corrected chi connectivity index (χ1v) is 5.42. The molecule has 0 amide bonds. The van der Waals surface area contributed by atoms with Gasteiger partial charge in [0.1, 0.15) is 0 Å². The molecule has 1 rings (SSSR count). The van der Waals surface area contributed by atoms with Crippen LogP contribution in [0.5, 0.6) is 0 Å². The highest BCUT2D eigenvalue weighted by atomic mass is 16.5. The van der Waals surface area contributed by atoms with Crippen LogP contribution in [0.4, 0.5) is 0 Å². The summed E-state index contributed by atoms with van der Waals surface area (Å²) in [6.07, 6.45) is 3.19. The van der Waals surface area contributed by atoms with Crippen molar-refractivity contribution in [2.75, 3.05) is 6.61 Å². The van der Waals surface area contributed by atoms with Crippen LogP contribution in [0.25, 0.3) is 0 Å². The monoisotopic (exact) mass is 186 g/mol. The zero-order valence-corrected chi connectivity index (χ0v) is 8.99. The highest BCUT2D eigenvalue weighted by molar-refractivity contribution is 4.78. The van der Waals surface area contributed by atoms with Crippen LogP contribution in [0.1, 0.15) is 40.0 Å². The third-order valence-corrected chi connectivity index (χ3v) is 3.19. The number of hydrogen-bond donors (Lipinski definition) is 1. The maximum atomic E-state index is 9.99. The average molecular weight is 186 g/mol. The van der Waals surface area contributed by atoms with Gasteiger partial charge >= 0.3 is 0 Å². The van der Waals surface area contributed by atoms with E-state index in [4.69, 9.17) is 4.74 Å². The van der Waals surface area contributed by atoms with Crippen LogP contribution >= 0.6 is 0 Å². The summed E-state index contributed by atoms with van der Waals surface area (Å²) in [5, 5.41) is 9.99. The van der Waals surface area contributed by atoms with Crippen LogP contribution in [0, 0.1) is 11.8 Å². The van der Waals surface area contributed by atoms with E-state index in [-0.39, 0.29) is 12.2 Å². The lowest BCUT2D eigenvalue weighted by Gasteiger charge is -2.32. The Hall–Kier alpha value is -0.0800. The molecular weight excluding hydrogens is 164 g/mol. The van der Waals surface area contributed by atoms with Crippen LogP contribution in [-0.2, 0) is 4.74 Å². The highest BCUT2D eigenvalue weighted by Gasteiger charge is 2.28. The molecule has 13 heavy (non-hydrogen) atoms. The molecule has 0 spiro atoms. The first kappa shape index (κ1) is 11.0. The maximum absolute atomic E-state index is 9.99. The Bertz CT molecular complexity index is 139. The second kappa shape index (κ2) is 4.97. The van der Waals surface area contributed by atoms with Crippen molar-refractivity contribution >= 4 is 0 Å². The third kappa shape index (κ3) is 2.96. The van der Waals surface area contributed by atoms with E-state index in [0.29, 0.717) is 11.8 Å². The van der Waals surface area contributed by atoms with Crippen LogP contribution < -0.4 is 0 Å². The minimum atomic E-state index is -0.278. The molecular formula is C11H22O2. The molecule has 1 aliphatic heterocycles. The van der Waals surface area contributed by atoms with E-state index in [1.807, 2.05) is 0 Å². The molecule has 3 atom stereocenters. The molecule has 1 heterocycles. The van der Waals surface area contributed by atoms with E-state index in [1.165, 1.54) is 6.42 Å². The lowest BCUT2D eigenvalue weighted by Crippen LogP contribution is -2.38. The lowest BCUT2D eigenvalue weighted by molar-refractivity contribution is -0.0869. The molecule has 2 nitrogen and oxygen atoms in total. The van der Waals surface area contributed by atoms with Gasteiger partial charge in [0.15, 0.2) is 0 Å². The van der Waals surface area contributed by atoms with Crippen molar-refractivity contribution in [3.63, 3.8) is 0 Å². The molecule has 0 aliphatic carbocycles. The molecule has 3 unspecified atom stereocenters. The number of aliphatic hydroxyl groups is 1. The van der Waals surface area contributed by atoms with E-state index >= 15 is 0 Å². The minimum Gasteiger partial charge on any atom is -0.390 e. The van der Waals surface area contributed by atoms with Gasteiger partial charge in [-0.15, -0.1) is 0 Å². The maximum Gasteiger partial charge on any atom is 0.0836 e. The van der Waals surface area contributed by atoms with Gasteiger partial charge < -0.3 is 9.84 Å². The molecule has 0 radical (unpaired) electrons. The first-order valence-electron chi connectivity index (χ1n) is 5.42. The van der Waals surface area contributed by atoms with Crippen LogP contribution in [0.2, 0.25) is 0 Å². The molecule has 0 aromatic heterocycles. The van der Waals surface area contributed by atoms with Crippen molar-refractivity contribution in [1.29, 1.82) is 0 Å². The molecule has 1 saturated heterocycles. The fourth-order valence-electron chi connectivity index (χ4n) is 1.77. The fourth-order valence-corrected chi connectivity index (χ4v) is 1.77. The molecule has 1 fully saturated rings. The minimum absolute atomic E-state index is 0.0890. The predicted molar refractivity (Wildman–Crippen MR) is 53.6 cm³/mol. The predicted octanol–water partition coefficient (Wildman–Crippen LogP) is 2.21. The van der Waals surface area contributed by atoms with Gasteiger partial charge in [0, 0.05) is 6.61 Å². The summed E-state index contributed by atoms with van der Waals surface area (Å²) in [6.45, 7) is 7.23. The van der Waals surface area contributed by atoms with Gasteiger partial charge in [-0.1, -0.05) is 20.8 Å². The van der Waals surface area contributed by atoms with Crippen molar-refractivity contribution in [3.05, 3.63) is 0 Å². The second-order valence-corrected chi connectivity index (χ2v) is 4.50. The number of rotatable bonds is 3. The summed E-state index contributed by atoms with van der Waals surface area (Å²) in [6, 6.07) is 0. The highest BCUT2D eigenvalue weighted by Crippen LogP contribution is 2.24. The van der Waals surface area contributed by atoms with Crippen molar-refractivity contribution in [2.24, 2.45) is 11.8 Å². The summed E-state index contributed by atoms with van der Waals surface area (Å²) in [7, 11) is 0. The van der Waals surface area contributed by atoms with E-state index in [0.717, 1.165) is 19.4 Å². The topological polar surface area (TPSA) is 29.5 Å². The fraction of sp³-hybridized carbons (Fsp3) is 1.00. The van der Waals surface area contributed by atoms with Gasteiger partial charge in [0.2, 0.25) is 0 Å². The standard InChI is InChI=1S/C11H22O2/c1-8(2)9(3)11(12)10-6-4-5-7-13-10/h8-12H,4-7H2,1-3H3. The Morgan fingerprint density at radius 3 is 2.38 bits per heavy atom. The van der Waals surface area contributed by atoms with Crippen LogP contribution in [0.3, 0.4) is 0 Å². The van der Waals surface area contributed by atoms with Gasteiger partial charge in [-0.3, -0.25) is 0 Å². The van der Waals surface area contributed by atoms with Crippen molar-refractivity contribution < 1.29 is 9.84 Å². The zero-order chi connectivity index (χ0) is 9.84. The Morgan fingerprint density at radius 2 is 1.92 bits per heavy atom. The van der Waals surface area contributed by atoms with E-state index in [9.17, 15) is 5.11 Å². The SMILES string of the molecule is CC(C)C(C)C(O)C1CCCCO1. The quantitative estimate of drug-likeness (QED) is 0.732. The van der Waals surface area contributed by atoms with E-state index in [2.05, 4.69) is 20.8 Å². The van der Waals surface area contributed by atoms with Crippen LogP contribution in [0.15, 0.2) is 0 Å². The summed E-state index contributed by atoms with van der Waals surface area (Å²) >= 11 is 0. The molecule has 0 bridgehead atoms. The summed E-state index contributed by atoms with van der Waals surface area (Å²) < 4.78 is 5.56. The van der Waals surface area contributed by atoms with Gasteiger partial charge in [-0.25, -0.2) is 0 Å². The molecule has 2 heteroatoms. The Morgan fingerprint density at radius 1 is 1.23 bits per heavy atom. The smallest absolute Gasteiger partial charge is 0.0836 e. The number of hydrogen-bond acceptors (Lipinski definition) is 2. The summed E-state index contributed by atoms with van der Waals surface area (Å²) in [5.41, 5.74) is 0. The lowest BCUT2D eigenvalue weighted by atomic mass is 9.87. The van der Waals surface area contributed by atoms with Crippen molar-refractivity contribution in [1.82, 2.24) is 0 Å². The van der Waals surface area contributed by atoms with Gasteiger partial charge in [0.25, 0.3) is 0 Å². The van der Waals surface area contributed by atoms with Crippen LogP contribution in [-0.4, -0.2) is 23.9 Å². The molecule has 0 aromatic rings. The van der Waals surface area contributed by atoms with Crippen molar-refractivity contribution in [2.45, 2.75) is 52.2 Å². The average Bonchev–Trinajstić information content (AvgIpc) is 2.17. The van der Waals surface area contributed by atoms with Gasteiger partial charge in [0.05, 0.1) is 12.2 Å². The first-order chi connectivity index (χ1) is 6.13. The molecule has 0 aromatic carbocycles. The summed E-state index contributed by atoms with van der Waals surface area (Å²) in [5.74, 6) is 0.864. The normalized spacial score (nSPS) is 28.8. The van der Waals surface area contributed by atoms with Gasteiger partial charge in [-0.2, -0.15) is 0 Å². The molecule has 1 aliphatic rings. The van der Waals surface area contributed by atoms with Crippen molar-refractivity contribution in [3.8, 4) is 0 Å². The molecule has 78 valence electrons. The van der Waals surface area contributed by atoms with E-state index in [1.54, 1.807) is 0 Å². The third-order valence-electron chi connectivity index (χ3n) is 3.19. The molecule has 0 saturated carbocycles. The zero-order valence-electron chi connectivity index (χ0n) is 8.99. The van der Waals surface area contributed by atoms with E-state index < -0.39 is 0 Å². The second-order valence-electron chi connectivity index (χ2n) is 4.50. The summed E-state index contributed by atoms with van der Waals surface area (Å²) in [4.78, 5) is 0. The Labute approximate surface area is 81.3 Å². The Kier molecular flexibility index (Phi) is 4.20.